The molecule has 15 heavy (non-hydrogen) atoms. The average molecular weight is 271 g/mol. The minimum absolute atomic E-state index is 0.771. The lowest BCUT2D eigenvalue weighted by Gasteiger charge is -2.04. The van der Waals surface area contributed by atoms with Crippen LogP contribution < -0.4 is 5.43 Å². The van der Waals surface area contributed by atoms with Gasteiger partial charge >= 0.3 is 5.97 Å². The van der Waals surface area contributed by atoms with Crippen molar-refractivity contribution in [1.29, 1.82) is 0 Å². The number of halogens is 1. The highest BCUT2D eigenvalue weighted by atomic mass is 79.9. The fourth-order valence-corrected chi connectivity index (χ4v) is 1.60. The number of benzene rings is 1. The van der Waals surface area contributed by atoms with Gasteiger partial charge in [-0.25, -0.2) is 4.79 Å². The van der Waals surface area contributed by atoms with Crippen LogP contribution in [0.5, 0.6) is 0 Å². The molecule has 0 saturated carbocycles. The Morgan fingerprint density at radius 3 is 3.00 bits per heavy atom. The minimum atomic E-state index is -1.07. The molecule has 2 N–H and O–H groups in total. The number of hydrazone groups is 1. The number of aliphatic carboxylic acids is 1. The fraction of sp³-hybridized carbons (Fsp3) is 0.200. The van der Waals surface area contributed by atoms with Crippen LogP contribution in [0.25, 0.3) is 0 Å². The molecule has 5 heteroatoms. The maximum Gasteiger partial charge on any atom is 0.348 e. The van der Waals surface area contributed by atoms with Gasteiger partial charge in [-0.2, -0.15) is 5.10 Å². The molecule has 4 nitrogen and oxygen atoms in total. The van der Waals surface area contributed by atoms with E-state index >= 15 is 0 Å². The van der Waals surface area contributed by atoms with Crippen molar-refractivity contribution >= 4 is 33.8 Å². The number of carboxylic acids is 1. The molecule has 0 fully saturated rings. The number of anilines is 1. The summed E-state index contributed by atoms with van der Waals surface area (Å²) < 4.78 is 1.04. The van der Waals surface area contributed by atoms with Gasteiger partial charge in [0, 0.05) is 4.47 Å². The van der Waals surface area contributed by atoms with Crippen molar-refractivity contribution in [3.63, 3.8) is 0 Å². The van der Waals surface area contributed by atoms with E-state index in [0.717, 1.165) is 28.4 Å². The summed E-state index contributed by atoms with van der Waals surface area (Å²) in [5.41, 5.74) is 4.56. The van der Waals surface area contributed by atoms with Crippen LogP contribution in [0.1, 0.15) is 12.5 Å². The molecule has 0 aliphatic rings. The van der Waals surface area contributed by atoms with E-state index in [1.807, 2.05) is 25.1 Å². The number of carboxylic acid groups (broad SMARTS) is 1. The van der Waals surface area contributed by atoms with Crippen molar-refractivity contribution in [1.82, 2.24) is 0 Å². The summed E-state index contributed by atoms with van der Waals surface area (Å²) in [6, 6.07) is 5.64. The monoisotopic (exact) mass is 270 g/mol. The number of rotatable bonds is 4. The Balaban J connectivity index is 2.74. The summed E-state index contributed by atoms with van der Waals surface area (Å²) in [4.78, 5) is 10.2. The molecule has 0 heterocycles. The van der Waals surface area contributed by atoms with Gasteiger partial charge in [0.2, 0.25) is 0 Å². The first kappa shape index (κ1) is 11.7. The van der Waals surface area contributed by atoms with Crippen LogP contribution in [0.15, 0.2) is 27.8 Å². The lowest BCUT2D eigenvalue weighted by Crippen LogP contribution is -1.99. The molecule has 0 amide bonds. The summed E-state index contributed by atoms with van der Waals surface area (Å²) in [7, 11) is 0. The molecule has 1 aromatic rings. The van der Waals surface area contributed by atoms with Crippen LogP contribution in [-0.2, 0) is 11.2 Å². The molecule has 1 rings (SSSR count). The normalized spacial score (nSPS) is 10.5. The van der Waals surface area contributed by atoms with Gasteiger partial charge in [0.15, 0.2) is 0 Å². The lowest BCUT2D eigenvalue weighted by molar-refractivity contribution is -0.128. The standard InChI is InChI=1S/C10H11BrN2O2/c1-2-7-5-8(3-4-9(7)11)13-12-6-10(14)15/h3-6,13H,2H2,1H3,(H,14,15)/b12-6+. The molecule has 80 valence electrons. The zero-order chi connectivity index (χ0) is 11.3. The second kappa shape index (κ2) is 5.50. The minimum Gasteiger partial charge on any atom is -0.477 e. The van der Waals surface area contributed by atoms with E-state index in [9.17, 15) is 4.79 Å². The Hall–Kier alpha value is -1.36. The van der Waals surface area contributed by atoms with Crippen LogP contribution >= 0.6 is 15.9 Å². The number of hydrogen-bond acceptors (Lipinski definition) is 3. The summed E-state index contributed by atoms with van der Waals surface area (Å²) in [6.45, 7) is 2.05. The van der Waals surface area contributed by atoms with E-state index in [4.69, 9.17) is 5.11 Å². The van der Waals surface area contributed by atoms with Crippen LogP contribution in [0, 0.1) is 0 Å². The number of carbonyl (C=O) groups is 1. The lowest BCUT2D eigenvalue weighted by atomic mass is 10.1. The van der Waals surface area contributed by atoms with E-state index in [-0.39, 0.29) is 0 Å². The van der Waals surface area contributed by atoms with Gasteiger partial charge in [0.1, 0.15) is 6.21 Å². The molecule has 0 radical (unpaired) electrons. The fourth-order valence-electron chi connectivity index (χ4n) is 1.08. The van der Waals surface area contributed by atoms with Gasteiger partial charge in [0.05, 0.1) is 5.69 Å². The van der Waals surface area contributed by atoms with E-state index in [0.29, 0.717) is 0 Å². The van der Waals surface area contributed by atoms with Crippen LogP contribution in [0.4, 0.5) is 5.69 Å². The zero-order valence-electron chi connectivity index (χ0n) is 8.20. The topological polar surface area (TPSA) is 61.7 Å². The van der Waals surface area contributed by atoms with Crippen molar-refractivity contribution in [2.24, 2.45) is 5.10 Å². The molecule has 1 aromatic carbocycles. The van der Waals surface area contributed by atoms with Gasteiger partial charge in [-0.1, -0.05) is 22.9 Å². The quantitative estimate of drug-likeness (QED) is 0.653. The molecule has 0 spiro atoms. The first-order chi connectivity index (χ1) is 7.13. The third kappa shape index (κ3) is 3.71. The van der Waals surface area contributed by atoms with E-state index in [1.54, 1.807) is 0 Å². The highest BCUT2D eigenvalue weighted by Crippen LogP contribution is 2.21. The Kier molecular flexibility index (Phi) is 4.30. The van der Waals surface area contributed by atoms with Crippen molar-refractivity contribution in [3.05, 3.63) is 28.2 Å². The molecule has 0 unspecified atom stereocenters. The highest BCUT2D eigenvalue weighted by molar-refractivity contribution is 9.10. The second-order valence-electron chi connectivity index (χ2n) is 2.87. The summed E-state index contributed by atoms with van der Waals surface area (Å²) in [5.74, 6) is -1.07. The van der Waals surface area contributed by atoms with Gasteiger partial charge < -0.3 is 5.11 Å². The molecule has 0 aromatic heterocycles. The smallest absolute Gasteiger partial charge is 0.348 e. The molecule has 0 atom stereocenters. The number of hydrogen-bond donors (Lipinski definition) is 2. The predicted octanol–water partition coefficient (Wildman–Crippen LogP) is 2.49. The molecular formula is C10H11BrN2O2. The molecule has 0 aliphatic carbocycles. The number of aryl methyl sites for hydroxylation is 1. The third-order valence-corrected chi connectivity index (χ3v) is 2.57. The van der Waals surface area contributed by atoms with Crippen molar-refractivity contribution in [2.45, 2.75) is 13.3 Å². The predicted molar refractivity (Wildman–Crippen MR) is 63.3 cm³/mol. The van der Waals surface area contributed by atoms with E-state index in [2.05, 4.69) is 26.5 Å². The second-order valence-corrected chi connectivity index (χ2v) is 3.72. The zero-order valence-corrected chi connectivity index (χ0v) is 9.78. The maximum absolute atomic E-state index is 10.2. The van der Waals surface area contributed by atoms with E-state index < -0.39 is 5.97 Å². The summed E-state index contributed by atoms with van der Waals surface area (Å²) >= 11 is 3.42. The molecule has 0 aliphatic heterocycles. The first-order valence-corrected chi connectivity index (χ1v) is 5.23. The summed E-state index contributed by atoms with van der Waals surface area (Å²) in [5, 5.41) is 11.9. The third-order valence-electron chi connectivity index (χ3n) is 1.80. The van der Waals surface area contributed by atoms with Gasteiger partial charge in [-0.05, 0) is 30.2 Å². The van der Waals surface area contributed by atoms with Gasteiger partial charge in [0.25, 0.3) is 0 Å². The molecular weight excluding hydrogens is 260 g/mol. The Labute approximate surface area is 96.1 Å². The maximum atomic E-state index is 10.2. The summed E-state index contributed by atoms with van der Waals surface area (Å²) in [6.07, 6.45) is 1.71. The van der Waals surface area contributed by atoms with Crippen LogP contribution in [-0.4, -0.2) is 17.3 Å². The van der Waals surface area contributed by atoms with Crippen LogP contribution in [0.3, 0.4) is 0 Å². The Morgan fingerprint density at radius 1 is 1.67 bits per heavy atom. The number of nitrogens with one attached hydrogen (secondary N) is 1. The largest absolute Gasteiger partial charge is 0.477 e. The van der Waals surface area contributed by atoms with Crippen molar-refractivity contribution in [2.75, 3.05) is 5.43 Å². The average Bonchev–Trinajstić information content (AvgIpc) is 2.20. The molecule has 0 bridgehead atoms. The van der Waals surface area contributed by atoms with Gasteiger partial charge in [-0.3, -0.25) is 5.43 Å². The van der Waals surface area contributed by atoms with Gasteiger partial charge in [-0.15, -0.1) is 0 Å². The van der Waals surface area contributed by atoms with E-state index in [1.165, 1.54) is 0 Å². The highest BCUT2D eigenvalue weighted by Gasteiger charge is 1.98. The Bertz CT molecular complexity index is 391. The van der Waals surface area contributed by atoms with Crippen molar-refractivity contribution < 1.29 is 9.90 Å². The van der Waals surface area contributed by atoms with Crippen molar-refractivity contribution in [3.8, 4) is 0 Å². The SMILES string of the molecule is CCc1cc(N/N=C/C(=O)O)ccc1Br. The van der Waals surface area contributed by atoms with Crippen LogP contribution in [0.2, 0.25) is 0 Å². The molecule has 0 saturated heterocycles. The first-order valence-electron chi connectivity index (χ1n) is 4.44. The Morgan fingerprint density at radius 2 is 2.40 bits per heavy atom. The number of nitrogens with zero attached hydrogens (tertiary/aromatic N) is 1.